The van der Waals surface area contributed by atoms with Gasteiger partial charge in [0.2, 0.25) is 5.95 Å². The number of para-hydroxylation sites is 1. The number of fused-ring (bicyclic) bond motifs is 1. The molecule has 8 heteroatoms. The fourth-order valence-electron chi connectivity index (χ4n) is 5.27. The van der Waals surface area contributed by atoms with Gasteiger partial charge in [-0.05, 0) is 66.3 Å². The molecule has 0 saturated carbocycles. The highest BCUT2D eigenvalue weighted by Gasteiger charge is 2.21. The van der Waals surface area contributed by atoms with E-state index in [4.69, 9.17) is 5.73 Å². The molecule has 0 radical (unpaired) electrons. The topological polar surface area (TPSA) is 106 Å². The van der Waals surface area contributed by atoms with E-state index in [1.54, 1.807) is 10.6 Å². The first-order valence-electron chi connectivity index (χ1n) is 13.5. The molecule has 0 fully saturated rings. The van der Waals surface area contributed by atoms with Crippen LogP contribution in [-0.2, 0) is 0 Å². The molecule has 6 aromatic rings. The van der Waals surface area contributed by atoms with Crippen molar-refractivity contribution in [2.24, 2.45) is 0 Å². The Morgan fingerprint density at radius 3 is 2.43 bits per heavy atom. The molecule has 7 nitrogen and oxygen atoms in total. The molecule has 0 aliphatic rings. The van der Waals surface area contributed by atoms with E-state index in [0.717, 1.165) is 27.8 Å². The van der Waals surface area contributed by atoms with E-state index >= 15 is 0 Å². The van der Waals surface area contributed by atoms with E-state index in [9.17, 15) is 14.3 Å². The molecule has 42 heavy (non-hydrogen) atoms. The van der Waals surface area contributed by atoms with Crippen LogP contribution in [0.5, 0.6) is 5.75 Å². The van der Waals surface area contributed by atoms with Gasteiger partial charge >= 0.3 is 0 Å². The van der Waals surface area contributed by atoms with Crippen LogP contribution in [0.15, 0.2) is 108 Å². The largest absolute Gasteiger partial charge is 0.505 e. The molecule has 4 N–H and O–H groups in total. The number of aromatic hydroxyl groups is 1. The number of nitrogen functional groups attached to an aromatic ring is 1. The Morgan fingerprint density at radius 2 is 1.67 bits per heavy atom. The van der Waals surface area contributed by atoms with Gasteiger partial charge in [0.1, 0.15) is 5.82 Å². The number of benzene rings is 4. The summed E-state index contributed by atoms with van der Waals surface area (Å²) in [6.07, 6.45) is 1.50. The quantitative estimate of drug-likeness (QED) is 0.203. The lowest BCUT2D eigenvalue weighted by Gasteiger charge is -2.23. The molecule has 0 bridgehead atoms. The second-order valence-electron chi connectivity index (χ2n) is 10.2. The summed E-state index contributed by atoms with van der Waals surface area (Å²) in [5.74, 6) is -0.818. The molecule has 208 valence electrons. The van der Waals surface area contributed by atoms with E-state index in [2.05, 4.69) is 21.4 Å². The van der Waals surface area contributed by atoms with Crippen molar-refractivity contribution in [1.82, 2.24) is 14.5 Å². The summed E-state index contributed by atoms with van der Waals surface area (Å²) in [7, 11) is 0. The number of halogens is 1. The van der Waals surface area contributed by atoms with Gasteiger partial charge in [0, 0.05) is 23.1 Å². The first kappa shape index (κ1) is 26.7. The Morgan fingerprint density at radius 1 is 0.905 bits per heavy atom. The van der Waals surface area contributed by atoms with Gasteiger partial charge in [-0.1, -0.05) is 72.3 Å². The lowest BCUT2D eigenvalue weighted by Crippen LogP contribution is -2.26. The van der Waals surface area contributed by atoms with Crippen LogP contribution in [0.4, 0.5) is 16.2 Å². The summed E-state index contributed by atoms with van der Waals surface area (Å²) in [6, 6.07) is 29.1. The second-order valence-corrected chi connectivity index (χ2v) is 10.2. The third-order valence-electron chi connectivity index (χ3n) is 7.28. The summed E-state index contributed by atoms with van der Waals surface area (Å²) in [6.45, 7) is 3.95. The Bertz CT molecular complexity index is 2010. The van der Waals surface area contributed by atoms with Gasteiger partial charge in [0.05, 0.1) is 11.4 Å². The standard InChI is InChI=1S/C34H28FN5O2/c1-20-8-6-9-22(16-20)26-13-7-10-24-18-29(40(33(42)31(24)26)25-11-4-3-5-12-25)21(2)38-32-27(19-37-34(36)39-32)23-14-15-30(41)28(35)17-23/h3-19,21,41H,1-2H3,(H3,36,37,38,39)/t21-/m0/s1. The van der Waals surface area contributed by atoms with Crippen molar-refractivity contribution in [3.63, 3.8) is 0 Å². The fraction of sp³-hybridized carbons (Fsp3) is 0.0882. The van der Waals surface area contributed by atoms with Gasteiger partial charge in [-0.15, -0.1) is 0 Å². The summed E-state index contributed by atoms with van der Waals surface area (Å²) < 4.78 is 16.0. The fourth-order valence-corrected chi connectivity index (χ4v) is 5.27. The Hall–Kier alpha value is -5.50. The summed E-state index contributed by atoms with van der Waals surface area (Å²) in [5, 5.41) is 14.5. The number of hydrogen-bond acceptors (Lipinski definition) is 6. The highest BCUT2D eigenvalue weighted by atomic mass is 19.1. The maximum atomic E-state index is 14.4. The van der Waals surface area contributed by atoms with Gasteiger partial charge in [0.15, 0.2) is 11.6 Å². The highest BCUT2D eigenvalue weighted by Crippen LogP contribution is 2.34. The predicted octanol–water partition coefficient (Wildman–Crippen LogP) is 7.02. The molecule has 0 amide bonds. The van der Waals surface area contributed by atoms with Crippen LogP contribution < -0.4 is 16.6 Å². The van der Waals surface area contributed by atoms with E-state index in [1.807, 2.05) is 86.6 Å². The zero-order valence-electron chi connectivity index (χ0n) is 23.0. The van der Waals surface area contributed by atoms with Gasteiger partial charge in [-0.3, -0.25) is 9.36 Å². The van der Waals surface area contributed by atoms with E-state index in [1.165, 1.54) is 18.3 Å². The molecular formula is C34H28FN5O2. The van der Waals surface area contributed by atoms with Gasteiger partial charge in [0.25, 0.3) is 5.56 Å². The van der Waals surface area contributed by atoms with Crippen molar-refractivity contribution in [2.75, 3.05) is 11.1 Å². The minimum Gasteiger partial charge on any atom is -0.505 e. The first-order chi connectivity index (χ1) is 20.3. The maximum absolute atomic E-state index is 14.4. The van der Waals surface area contributed by atoms with Crippen molar-refractivity contribution in [3.8, 4) is 33.7 Å². The number of anilines is 2. The van der Waals surface area contributed by atoms with Gasteiger partial charge in [-0.2, -0.15) is 4.98 Å². The number of phenols is 1. The molecule has 0 aliphatic carbocycles. The number of phenolic OH excluding ortho intramolecular Hbond substituents is 1. The van der Waals surface area contributed by atoms with Crippen LogP contribution in [-0.4, -0.2) is 19.6 Å². The minimum absolute atomic E-state index is 0.0365. The van der Waals surface area contributed by atoms with E-state index < -0.39 is 17.6 Å². The van der Waals surface area contributed by atoms with Crippen LogP contribution >= 0.6 is 0 Å². The monoisotopic (exact) mass is 557 g/mol. The van der Waals surface area contributed by atoms with E-state index in [0.29, 0.717) is 28.0 Å². The van der Waals surface area contributed by atoms with Crippen molar-refractivity contribution in [2.45, 2.75) is 19.9 Å². The number of aryl methyl sites for hydroxylation is 1. The lowest BCUT2D eigenvalue weighted by atomic mass is 9.97. The third kappa shape index (κ3) is 4.94. The molecule has 2 aromatic heterocycles. The van der Waals surface area contributed by atoms with Crippen molar-refractivity contribution < 1.29 is 9.50 Å². The average molecular weight is 558 g/mol. The number of nitrogens with two attached hydrogens (primary N) is 1. The lowest BCUT2D eigenvalue weighted by molar-refractivity contribution is 0.432. The number of pyridine rings is 1. The molecular weight excluding hydrogens is 529 g/mol. The number of hydrogen-bond donors (Lipinski definition) is 3. The van der Waals surface area contributed by atoms with Crippen molar-refractivity contribution in [3.05, 3.63) is 131 Å². The number of aromatic nitrogens is 3. The molecule has 0 saturated heterocycles. The Kier molecular flexibility index (Phi) is 6.88. The maximum Gasteiger partial charge on any atom is 0.263 e. The smallest absolute Gasteiger partial charge is 0.263 e. The minimum atomic E-state index is -0.764. The zero-order chi connectivity index (χ0) is 29.4. The normalized spacial score (nSPS) is 11.9. The second kappa shape index (κ2) is 10.8. The number of nitrogens with zero attached hydrogens (tertiary/aromatic N) is 3. The predicted molar refractivity (Wildman–Crippen MR) is 165 cm³/mol. The summed E-state index contributed by atoms with van der Waals surface area (Å²) in [5.41, 5.74) is 11.1. The molecule has 4 aromatic carbocycles. The summed E-state index contributed by atoms with van der Waals surface area (Å²) in [4.78, 5) is 22.9. The van der Waals surface area contributed by atoms with Crippen LogP contribution in [0.25, 0.3) is 38.7 Å². The highest BCUT2D eigenvalue weighted by molar-refractivity contribution is 5.96. The molecule has 6 rings (SSSR count). The van der Waals surface area contributed by atoms with Crippen LogP contribution in [0, 0.1) is 12.7 Å². The van der Waals surface area contributed by atoms with Crippen molar-refractivity contribution in [1.29, 1.82) is 0 Å². The molecule has 0 spiro atoms. The molecule has 1 atom stereocenters. The van der Waals surface area contributed by atoms with Gasteiger partial charge in [-0.25, -0.2) is 9.37 Å². The number of rotatable bonds is 6. The van der Waals surface area contributed by atoms with Crippen LogP contribution in [0.3, 0.4) is 0 Å². The molecule has 2 heterocycles. The summed E-state index contributed by atoms with van der Waals surface area (Å²) >= 11 is 0. The zero-order valence-corrected chi connectivity index (χ0v) is 23.0. The molecule has 0 unspecified atom stereocenters. The third-order valence-corrected chi connectivity index (χ3v) is 7.28. The Labute approximate surface area is 241 Å². The van der Waals surface area contributed by atoms with Crippen LogP contribution in [0.2, 0.25) is 0 Å². The number of nitrogens with one attached hydrogen (secondary N) is 1. The van der Waals surface area contributed by atoms with Crippen molar-refractivity contribution >= 4 is 22.5 Å². The average Bonchev–Trinajstić information content (AvgIpc) is 2.99. The SMILES string of the molecule is Cc1cccc(-c2cccc3cc([C@H](C)Nc4nc(N)ncc4-c4ccc(O)c(F)c4)n(-c4ccccc4)c(=O)c23)c1. The Balaban J connectivity index is 1.53. The van der Waals surface area contributed by atoms with E-state index in [-0.39, 0.29) is 11.5 Å². The molecule has 0 aliphatic heterocycles. The first-order valence-corrected chi connectivity index (χ1v) is 13.5. The van der Waals surface area contributed by atoms with Crippen LogP contribution in [0.1, 0.15) is 24.2 Å². The van der Waals surface area contributed by atoms with Gasteiger partial charge < -0.3 is 16.2 Å².